The summed E-state index contributed by atoms with van der Waals surface area (Å²) in [4.78, 5) is 19.8. The Morgan fingerprint density at radius 2 is 1.77 bits per heavy atom. The molecule has 3 nitrogen and oxygen atoms in total. The highest BCUT2D eigenvalue weighted by Crippen LogP contribution is 2.34. The fourth-order valence-electron chi connectivity index (χ4n) is 2.56. The summed E-state index contributed by atoms with van der Waals surface area (Å²) in [6.45, 7) is 6.78. The van der Waals surface area contributed by atoms with Gasteiger partial charge in [0.15, 0.2) is 5.17 Å². The third-order valence-electron chi connectivity index (χ3n) is 3.86. The number of amides is 1. The molecule has 134 valence electrons. The van der Waals surface area contributed by atoms with Gasteiger partial charge in [0, 0.05) is 6.54 Å². The average Bonchev–Trinajstić information content (AvgIpc) is 2.87. The Morgan fingerprint density at radius 1 is 1.12 bits per heavy atom. The molecule has 0 aliphatic carbocycles. The predicted octanol–water partition coefficient (Wildman–Crippen LogP) is 5.39. The van der Waals surface area contributed by atoms with E-state index in [0.29, 0.717) is 22.5 Å². The SMILES string of the molecule is Cc1ccc(N=C2S/C(=C/c3ccc(F)cc3)C(=O)N2CC(C)C)cc1. The van der Waals surface area contributed by atoms with Crippen LogP contribution >= 0.6 is 11.8 Å². The smallest absolute Gasteiger partial charge is 0.266 e. The van der Waals surface area contributed by atoms with E-state index in [9.17, 15) is 9.18 Å². The van der Waals surface area contributed by atoms with Crippen LogP contribution in [0.3, 0.4) is 0 Å². The first-order valence-electron chi connectivity index (χ1n) is 8.55. The molecule has 26 heavy (non-hydrogen) atoms. The molecule has 1 fully saturated rings. The molecule has 0 unspecified atom stereocenters. The molecule has 0 saturated carbocycles. The summed E-state index contributed by atoms with van der Waals surface area (Å²) in [5.74, 6) is -0.0209. The van der Waals surface area contributed by atoms with Crippen LogP contribution in [0, 0.1) is 18.7 Å². The Bertz CT molecular complexity index is 855. The first kappa shape index (κ1) is 18.4. The molecule has 1 heterocycles. The Morgan fingerprint density at radius 3 is 2.38 bits per heavy atom. The molecule has 1 aliphatic heterocycles. The molecule has 3 rings (SSSR count). The Labute approximate surface area is 157 Å². The Kier molecular flexibility index (Phi) is 5.57. The van der Waals surface area contributed by atoms with Gasteiger partial charge in [0.2, 0.25) is 0 Å². The minimum absolute atomic E-state index is 0.0566. The fraction of sp³-hybridized carbons (Fsp3) is 0.238. The van der Waals surface area contributed by atoms with Crippen molar-refractivity contribution in [1.29, 1.82) is 0 Å². The van der Waals surface area contributed by atoms with Crippen LogP contribution in [0.4, 0.5) is 10.1 Å². The molecule has 0 spiro atoms. The van der Waals surface area contributed by atoms with E-state index in [2.05, 4.69) is 18.8 Å². The van der Waals surface area contributed by atoms with Crippen LogP contribution in [0.25, 0.3) is 6.08 Å². The number of hydrogen-bond acceptors (Lipinski definition) is 3. The highest BCUT2D eigenvalue weighted by molar-refractivity contribution is 8.18. The molecule has 0 radical (unpaired) electrons. The number of nitrogens with zero attached hydrogens (tertiary/aromatic N) is 2. The number of amidine groups is 1. The number of rotatable bonds is 4. The lowest BCUT2D eigenvalue weighted by atomic mass is 10.2. The van der Waals surface area contributed by atoms with Crippen LogP contribution in [0.15, 0.2) is 58.4 Å². The quantitative estimate of drug-likeness (QED) is 0.678. The zero-order chi connectivity index (χ0) is 18.7. The zero-order valence-corrected chi connectivity index (χ0v) is 15.9. The summed E-state index contributed by atoms with van der Waals surface area (Å²) in [7, 11) is 0. The molecule has 0 N–H and O–H groups in total. The van der Waals surface area contributed by atoms with Crippen LogP contribution < -0.4 is 0 Å². The molecule has 0 bridgehead atoms. The third kappa shape index (κ3) is 4.41. The molecule has 0 atom stereocenters. The number of thioether (sulfide) groups is 1. The standard InChI is InChI=1S/C21H21FN2OS/c1-14(2)13-24-20(25)19(12-16-6-8-17(22)9-7-16)26-21(24)23-18-10-4-15(3)5-11-18/h4-12,14H,13H2,1-3H3/b19-12+,23-21?. The summed E-state index contributed by atoms with van der Waals surface area (Å²) >= 11 is 1.36. The van der Waals surface area contributed by atoms with Crippen LogP contribution in [-0.2, 0) is 4.79 Å². The third-order valence-corrected chi connectivity index (χ3v) is 4.87. The van der Waals surface area contributed by atoms with Gasteiger partial charge in [0.1, 0.15) is 5.82 Å². The lowest BCUT2D eigenvalue weighted by molar-refractivity contribution is -0.122. The molecule has 1 saturated heterocycles. The normalized spacial score (nSPS) is 17.7. The van der Waals surface area contributed by atoms with E-state index in [4.69, 9.17) is 0 Å². The van der Waals surface area contributed by atoms with Crippen molar-refractivity contribution >= 4 is 34.6 Å². The van der Waals surface area contributed by atoms with Gasteiger partial charge in [-0.2, -0.15) is 0 Å². The Hall–Kier alpha value is -2.40. The van der Waals surface area contributed by atoms with Crippen molar-refractivity contribution in [3.63, 3.8) is 0 Å². The van der Waals surface area contributed by atoms with Crippen molar-refractivity contribution < 1.29 is 9.18 Å². The van der Waals surface area contributed by atoms with Gasteiger partial charge < -0.3 is 0 Å². The van der Waals surface area contributed by atoms with Gasteiger partial charge in [-0.15, -0.1) is 0 Å². The van der Waals surface area contributed by atoms with Crippen molar-refractivity contribution in [2.24, 2.45) is 10.9 Å². The summed E-state index contributed by atoms with van der Waals surface area (Å²) in [6, 6.07) is 14.0. The number of benzene rings is 2. The number of halogens is 1. The van der Waals surface area contributed by atoms with Crippen molar-refractivity contribution in [2.75, 3.05) is 6.54 Å². The second-order valence-corrected chi connectivity index (χ2v) is 7.71. The summed E-state index contributed by atoms with van der Waals surface area (Å²) in [5, 5.41) is 0.681. The van der Waals surface area contributed by atoms with Crippen LogP contribution in [-0.4, -0.2) is 22.5 Å². The number of aliphatic imine (C=N–C) groups is 1. The minimum Gasteiger partial charge on any atom is -0.286 e. The summed E-state index contributed by atoms with van der Waals surface area (Å²) in [6.07, 6.45) is 1.79. The average molecular weight is 368 g/mol. The van der Waals surface area contributed by atoms with Gasteiger partial charge >= 0.3 is 0 Å². The fourth-order valence-corrected chi connectivity index (χ4v) is 3.57. The number of aryl methyl sites for hydroxylation is 1. The predicted molar refractivity (Wildman–Crippen MR) is 107 cm³/mol. The summed E-state index contributed by atoms with van der Waals surface area (Å²) < 4.78 is 13.1. The van der Waals surface area contributed by atoms with Crippen molar-refractivity contribution in [3.8, 4) is 0 Å². The van der Waals surface area contributed by atoms with Gasteiger partial charge in [-0.1, -0.05) is 43.7 Å². The maximum absolute atomic E-state index is 13.1. The van der Waals surface area contributed by atoms with Crippen molar-refractivity contribution in [3.05, 3.63) is 70.4 Å². The highest BCUT2D eigenvalue weighted by atomic mass is 32.2. The zero-order valence-electron chi connectivity index (χ0n) is 15.1. The van der Waals surface area contributed by atoms with Crippen LogP contribution in [0.5, 0.6) is 0 Å². The number of carbonyl (C=O) groups is 1. The first-order chi connectivity index (χ1) is 12.4. The molecule has 2 aromatic rings. The Balaban J connectivity index is 1.93. The molecule has 1 aliphatic rings. The lowest BCUT2D eigenvalue weighted by Crippen LogP contribution is -2.32. The van der Waals surface area contributed by atoms with Gasteiger partial charge in [-0.3, -0.25) is 9.69 Å². The molecule has 5 heteroatoms. The van der Waals surface area contributed by atoms with E-state index in [-0.39, 0.29) is 11.7 Å². The maximum Gasteiger partial charge on any atom is 0.266 e. The van der Waals surface area contributed by atoms with E-state index in [1.165, 1.54) is 29.5 Å². The van der Waals surface area contributed by atoms with Gasteiger partial charge in [-0.25, -0.2) is 9.38 Å². The molecular formula is C21H21FN2OS. The largest absolute Gasteiger partial charge is 0.286 e. The molecular weight excluding hydrogens is 347 g/mol. The topological polar surface area (TPSA) is 32.7 Å². The van der Waals surface area contributed by atoms with E-state index in [1.54, 1.807) is 23.1 Å². The van der Waals surface area contributed by atoms with E-state index in [0.717, 1.165) is 11.3 Å². The van der Waals surface area contributed by atoms with Crippen LogP contribution in [0.2, 0.25) is 0 Å². The molecule has 2 aromatic carbocycles. The van der Waals surface area contributed by atoms with Crippen molar-refractivity contribution in [2.45, 2.75) is 20.8 Å². The van der Waals surface area contributed by atoms with Gasteiger partial charge in [0.25, 0.3) is 5.91 Å². The first-order valence-corrected chi connectivity index (χ1v) is 9.36. The van der Waals surface area contributed by atoms with E-state index >= 15 is 0 Å². The molecule has 1 amide bonds. The number of hydrogen-bond donors (Lipinski definition) is 0. The van der Waals surface area contributed by atoms with Crippen LogP contribution in [0.1, 0.15) is 25.0 Å². The van der Waals surface area contributed by atoms with Gasteiger partial charge in [0.05, 0.1) is 10.6 Å². The summed E-state index contributed by atoms with van der Waals surface area (Å²) in [5.41, 5.74) is 2.78. The van der Waals surface area contributed by atoms with E-state index in [1.807, 2.05) is 31.2 Å². The van der Waals surface area contributed by atoms with E-state index < -0.39 is 0 Å². The second kappa shape index (κ2) is 7.87. The molecule has 0 aromatic heterocycles. The second-order valence-electron chi connectivity index (χ2n) is 6.70. The lowest BCUT2D eigenvalue weighted by Gasteiger charge is -2.17. The number of carbonyl (C=O) groups excluding carboxylic acids is 1. The minimum atomic E-state index is -0.291. The monoisotopic (exact) mass is 368 g/mol. The maximum atomic E-state index is 13.1. The van der Waals surface area contributed by atoms with Gasteiger partial charge in [-0.05, 0) is 60.5 Å². The highest BCUT2D eigenvalue weighted by Gasteiger charge is 2.33. The van der Waals surface area contributed by atoms with Crippen molar-refractivity contribution in [1.82, 2.24) is 4.90 Å².